The van der Waals surface area contributed by atoms with Crippen molar-refractivity contribution >= 4 is 11.7 Å². The van der Waals surface area contributed by atoms with Crippen LogP contribution < -0.4 is 9.64 Å². The summed E-state index contributed by atoms with van der Waals surface area (Å²) in [4.78, 5) is 18.8. The largest absolute Gasteiger partial charge is 0.497 e. The molecule has 0 saturated carbocycles. The molecule has 25 heavy (non-hydrogen) atoms. The number of aromatic nitrogens is 1. The van der Waals surface area contributed by atoms with Gasteiger partial charge in [-0.1, -0.05) is 18.2 Å². The third-order valence-electron chi connectivity index (χ3n) is 3.76. The lowest BCUT2D eigenvalue weighted by molar-refractivity contribution is 0.0984. The van der Waals surface area contributed by atoms with Gasteiger partial charge in [-0.15, -0.1) is 0 Å². The summed E-state index contributed by atoms with van der Waals surface area (Å²) in [5.41, 5.74) is 1.34. The Morgan fingerprint density at radius 3 is 2.36 bits per heavy atom. The highest BCUT2D eigenvalue weighted by Crippen LogP contribution is 2.19. The average Bonchev–Trinajstić information content (AvgIpc) is 2.67. The van der Waals surface area contributed by atoms with Crippen LogP contribution in [0.5, 0.6) is 5.75 Å². The molecule has 0 bridgehead atoms. The van der Waals surface area contributed by atoms with Crippen molar-refractivity contribution < 1.29 is 13.9 Å². The topological polar surface area (TPSA) is 42.4 Å². The van der Waals surface area contributed by atoms with Crippen molar-refractivity contribution in [3.63, 3.8) is 0 Å². The first kappa shape index (κ1) is 16.6. The molecule has 0 aliphatic heterocycles. The smallest absolute Gasteiger partial charge is 0.259 e. The first-order valence-corrected chi connectivity index (χ1v) is 7.79. The van der Waals surface area contributed by atoms with Crippen LogP contribution >= 0.6 is 0 Å². The molecule has 0 atom stereocenters. The van der Waals surface area contributed by atoms with Gasteiger partial charge in [0.25, 0.3) is 5.91 Å². The summed E-state index contributed by atoms with van der Waals surface area (Å²) in [6.45, 7) is 0.344. The molecule has 5 heteroatoms. The van der Waals surface area contributed by atoms with Crippen LogP contribution in [-0.2, 0) is 6.54 Å². The molecule has 0 N–H and O–H groups in total. The van der Waals surface area contributed by atoms with Gasteiger partial charge in [0, 0.05) is 11.8 Å². The van der Waals surface area contributed by atoms with Crippen LogP contribution in [0.15, 0.2) is 72.9 Å². The van der Waals surface area contributed by atoms with E-state index in [2.05, 4.69) is 4.98 Å². The maximum atomic E-state index is 13.1. The predicted molar refractivity (Wildman–Crippen MR) is 94.1 cm³/mol. The summed E-state index contributed by atoms with van der Waals surface area (Å²) in [5.74, 6) is 0.663. The Hall–Kier alpha value is -3.21. The quantitative estimate of drug-likeness (QED) is 0.705. The lowest BCUT2D eigenvalue weighted by atomic mass is 10.1. The standard InChI is InChI=1S/C20H17FN2O2/c1-25-18-11-5-15(6-12-18)14-23(19-4-2-3-13-22-19)20(24)16-7-9-17(21)10-8-16/h2-13H,14H2,1H3. The lowest BCUT2D eigenvalue weighted by Gasteiger charge is -2.22. The molecule has 126 valence electrons. The number of pyridine rings is 1. The summed E-state index contributed by atoms with van der Waals surface area (Å²) in [6.07, 6.45) is 1.63. The van der Waals surface area contributed by atoms with Gasteiger partial charge in [0.15, 0.2) is 0 Å². The van der Waals surface area contributed by atoms with Gasteiger partial charge < -0.3 is 4.74 Å². The predicted octanol–water partition coefficient (Wildman–Crippen LogP) is 4.08. The Kier molecular flexibility index (Phi) is 5.04. The molecular formula is C20H17FN2O2. The number of methoxy groups -OCH3 is 1. The van der Waals surface area contributed by atoms with E-state index >= 15 is 0 Å². The molecular weight excluding hydrogens is 319 g/mol. The number of benzene rings is 2. The first-order valence-electron chi connectivity index (χ1n) is 7.79. The van der Waals surface area contributed by atoms with E-state index in [0.29, 0.717) is 17.9 Å². The SMILES string of the molecule is COc1ccc(CN(C(=O)c2ccc(F)cc2)c2ccccn2)cc1. The van der Waals surface area contributed by atoms with E-state index < -0.39 is 0 Å². The first-order chi connectivity index (χ1) is 12.2. The van der Waals surface area contributed by atoms with Gasteiger partial charge in [-0.25, -0.2) is 9.37 Å². The number of anilines is 1. The van der Waals surface area contributed by atoms with Crippen molar-refractivity contribution in [2.24, 2.45) is 0 Å². The molecule has 0 saturated heterocycles. The van der Waals surface area contributed by atoms with Crippen LogP contribution in [0.4, 0.5) is 10.2 Å². The van der Waals surface area contributed by atoms with Crippen LogP contribution in [0, 0.1) is 5.82 Å². The average molecular weight is 336 g/mol. The Labute approximate surface area is 145 Å². The van der Waals surface area contributed by atoms with Gasteiger partial charge in [-0.3, -0.25) is 9.69 Å². The molecule has 0 aliphatic carbocycles. The molecule has 1 aromatic heterocycles. The molecule has 2 aromatic carbocycles. The number of carbonyl (C=O) groups is 1. The number of hydrogen-bond acceptors (Lipinski definition) is 3. The van der Waals surface area contributed by atoms with E-state index in [0.717, 1.165) is 11.3 Å². The Balaban J connectivity index is 1.92. The fourth-order valence-electron chi connectivity index (χ4n) is 2.43. The summed E-state index contributed by atoms with van der Waals surface area (Å²) >= 11 is 0. The second-order valence-corrected chi connectivity index (χ2v) is 5.43. The second-order valence-electron chi connectivity index (χ2n) is 5.43. The molecule has 1 amide bonds. The van der Waals surface area contributed by atoms with E-state index in [4.69, 9.17) is 4.74 Å². The maximum absolute atomic E-state index is 13.1. The highest BCUT2D eigenvalue weighted by atomic mass is 19.1. The zero-order chi connectivity index (χ0) is 17.6. The van der Waals surface area contributed by atoms with Crippen molar-refractivity contribution in [1.29, 1.82) is 0 Å². The summed E-state index contributed by atoms with van der Waals surface area (Å²) in [6, 6.07) is 18.4. The number of ether oxygens (including phenoxy) is 1. The fourth-order valence-corrected chi connectivity index (χ4v) is 2.43. The Morgan fingerprint density at radius 2 is 1.76 bits per heavy atom. The Morgan fingerprint density at radius 1 is 1.04 bits per heavy atom. The van der Waals surface area contributed by atoms with E-state index in [1.54, 1.807) is 30.3 Å². The third kappa shape index (κ3) is 4.01. The van der Waals surface area contributed by atoms with Gasteiger partial charge in [0.2, 0.25) is 0 Å². The monoisotopic (exact) mass is 336 g/mol. The summed E-state index contributed by atoms with van der Waals surface area (Å²) in [7, 11) is 1.60. The number of halogens is 1. The summed E-state index contributed by atoms with van der Waals surface area (Å²) in [5, 5.41) is 0. The zero-order valence-corrected chi connectivity index (χ0v) is 13.7. The van der Waals surface area contributed by atoms with Gasteiger partial charge >= 0.3 is 0 Å². The number of hydrogen-bond donors (Lipinski definition) is 0. The minimum Gasteiger partial charge on any atom is -0.497 e. The van der Waals surface area contributed by atoms with Crippen molar-refractivity contribution in [3.05, 3.63) is 89.9 Å². The van der Waals surface area contributed by atoms with Crippen molar-refractivity contribution in [1.82, 2.24) is 4.98 Å². The van der Waals surface area contributed by atoms with Crippen molar-refractivity contribution in [3.8, 4) is 5.75 Å². The van der Waals surface area contributed by atoms with E-state index in [1.165, 1.54) is 24.3 Å². The molecule has 0 radical (unpaired) electrons. The molecule has 0 spiro atoms. The van der Waals surface area contributed by atoms with Crippen molar-refractivity contribution in [2.45, 2.75) is 6.54 Å². The Bertz CT molecular complexity index is 834. The van der Waals surface area contributed by atoms with Crippen molar-refractivity contribution in [2.75, 3.05) is 12.0 Å². The van der Waals surface area contributed by atoms with Crippen LogP contribution in [0.25, 0.3) is 0 Å². The number of carbonyl (C=O) groups excluding carboxylic acids is 1. The minimum atomic E-state index is -0.379. The molecule has 0 unspecified atom stereocenters. The third-order valence-corrected chi connectivity index (χ3v) is 3.76. The fraction of sp³-hybridized carbons (Fsp3) is 0.100. The minimum absolute atomic E-state index is 0.241. The van der Waals surface area contributed by atoms with Gasteiger partial charge in [0.1, 0.15) is 17.4 Å². The van der Waals surface area contributed by atoms with Gasteiger partial charge in [0.05, 0.1) is 13.7 Å². The highest BCUT2D eigenvalue weighted by Gasteiger charge is 2.19. The lowest BCUT2D eigenvalue weighted by Crippen LogP contribution is -2.31. The number of amides is 1. The second kappa shape index (κ2) is 7.57. The van der Waals surface area contributed by atoms with E-state index in [-0.39, 0.29) is 11.7 Å². The van der Waals surface area contributed by atoms with Crippen LogP contribution in [0.1, 0.15) is 15.9 Å². The van der Waals surface area contributed by atoms with Gasteiger partial charge in [-0.2, -0.15) is 0 Å². The molecule has 3 rings (SSSR count). The molecule has 1 heterocycles. The van der Waals surface area contributed by atoms with E-state index in [1.807, 2.05) is 30.3 Å². The van der Waals surface area contributed by atoms with E-state index in [9.17, 15) is 9.18 Å². The maximum Gasteiger partial charge on any atom is 0.259 e. The molecule has 0 fully saturated rings. The molecule has 4 nitrogen and oxygen atoms in total. The van der Waals surface area contributed by atoms with Crippen LogP contribution in [-0.4, -0.2) is 18.0 Å². The van der Waals surface area contributed by atoms with Crippen LogP contribution in [0.2, 0.25) is 0 Å². The van der Waals surface area contributed by atoms with Gasteiger partial charge in [-0.05, 0) is 54.1 Å². The highest BCUT2D eigenvalue weighted by molar-refractivity contribution is 6.05. The molecule has 3 aromatic rings. The summed E-state index contributed by atoms with van der Waals surface area (Å²) < 4.78 is 18.3. The normalized spacial score (nSPS) is 10.3. The zero-order valence-electron chi connectivity index (χ0n) is 13.7. The number of nitrogens with zero attached hydrogens (tertiary/aromatic N) is 2. The molecule has 0 aliphatic rings. The number of rotatable bonds is 5. The van der Waals surface area contributed by atoms with Crippen LogP contribution in [0.3, 0.4) is 0 Å².